The van der Waals surface area contributed by atoms with Crippen LogP contribution in [0.5, 0.6) is 0 Å². The van der Waals surface area contributed by atoms with Crippen LogP contribution in [0.15, 0.2) is 0 Å². The van der Waals surface area contributed by atoms with E-state index in [-0.39, 0.29) is 36.6 Å². The second-order valence-electron chi connectivity index (χ2n) is 3.90. The van der Waals surface area contributed by atoms with Crippen molar-refractivity contribution >= 4 is 17.7 Å². The second-order valence-corrected chi connectivity index (χ2v) is 3.90. The van der Waals surface area contributed by atoms with E-state index in [1.807, 2.05) is 13.8 Å². The van der Waals surface area contributed by atoms with Crippen LogP contribution >= 0.6 is 0 Å². The maximum Gasteiger partial charge on any atom is 0.232 e. The van der Waals surface area contributed by atoms with E-state index in [4.69, 9.17) is 0 Å². The Bertz CT molecular complexity index is 302. The summed E-state index contributed by atoms with van der Waals surface area (Å²) in [5, 5.41) is 2.64. The number of nitrogens with one attached hydrogen (secondary N) is 1. The van der Waals surface area contributed by atoms with Gasteiger partial charge < -0.3 is 5.32 Å². The normalized spacial score (nSPS) is 20.4. The van der Waals surface area contributed by atoms with Gasteiger partial charge in [-0.2, -0.15) is 0 Å². The molecule has 1 atom stereocenters. The highest BCUT2D eigenvalue weighted by molar-refractivity contribution is 6.03. The van der Waals surface area contributed by atoms with Gasteiger partial charge in [0.25, 0.3) is 0 Å². The fourth-order valence-electron chi connectivity index (χ4n) is 1.80. The maximum absolute atomic E-state index is 11.7. The zero-order valence-electron chi connectivity index (χ0n) is 9.78. The van der Waals surface area contributed by atoms with Crippen molar-refractivity contribution in [1.29, 1.82) is 0 Å². The number of likely N-dealkylation sites (tertiary alicyclic amines) is 1. The zero-order chi connectivity index (χ0) is 12.1. The van der Waals surface area contributed by atoms with Crippen molar-refractivity contribution in [3.8, 4) is 0 Å². The van der Waals surface area contributed by atoms with Gasteiger partial charge in [-0.15, -0.1) is 0 Å². The Labute approximate surface area is 95.2 Å². The molecular formula is C11H18N2O3. The van der Waals surface area contributed by atoms with Gasteiger partial charge in [0.1, 0.15) is 0 Å². The molecule has 1 heterocycles. The number of rotatable bonds is 5. The van der Waals surface area contributed by atoms with Gasteiger partial charge in [0.15, 0.2) is 0 Å². The topological polar surface area (TPSA) is 66.5 Å². The summed E-state index contributed by atoms with van der Waals surface area (Å²) in [6.07, 6.45) is 1.18. The molecule has 1 unspecified atom stereocenters. The molecule has 0 aromatic carbocycles. The molecule has 0 bridgehead atoms. The van der Waals surface area contributed by atoms with E-state index in [9.17, 15) is 14.4 Å². The average molecular weight is 226 g/mol. The molecule has 1 N–H and O–H groups in total. The highest BCUT2D eigenvalue weighted by atomic mass is 16.2. The maximum atomic E-state index is 11.7. The molecular weight excluding hydrogens is 208 g/mol. The summed E-state index contributed by atoms with van der Waals surface area (Å²) in [4.78, 5) is 35.6. The minimum atomic E-state index is -0.179. The highest BCUT2D eigenvalue weighted by Gasteiger charge is 2.36. The molecule has 0 aromatic heterocycles. The number of carbonyl (C=O) groups is 3. The van der Waals surface area contributed by atoms with E-state index in [1.165, 1.54) is 4.90 Å². The number of amides is 3. The van der Waals surface area contributed by atoms with Crippen molar-refractivity contribution in [2.75, 3.05) is 13.1 Å². The summed E-state index contributed by atoms with van der Waals surface area (Å²) < 4.78 is 0. The van der Waals surface area contributed by atoms with Crippen LogP contribution in [-0.2, 0) is 14.4 Å². The lowest BCUT2D eigenvalue weighted by Gasteiger charge is -2.14. The first-order valence-corrected chi connectivity index (χ1v) is 5.71. The van der Waals surface area contributed by atoms with Gasteiger partial charge >= 0.3 is 0 Å². The van der Waals surface area contributed by atoms with Crippen LogP contribution in [-0.4, -0.2) is 35.7 Å². The zero-order valence-corrected chi connectivity index (χ0v) is 9.78. The Morgan fingerprint density at radius 1 is 1.44 bits per heavy atom. The summed E-state index contributed by atoms with van der Waals surface area (Å²) >= 11 is 0. The van der Waals surface area contributed by atoms with Crippen molar-refractivity contribution in [3.63, 3.8) is 0 Å². The minimum absolute atomic E-state index is 0.122. The van der Waals surface area contributed by atoms with Gasteiger partial charge in [-0.1, -0.05) is 6.92 Å². The third kappa shape index (κ3) is 2.81. The SMILES string of the molecule is CCNC(=O)CCN1C(=O)CC(CC)C1=O. The van der Waals surface area contributed by atoms with E-state index >= 15 is 0 Å². The van der Waals surface area contributed by atoms with E-state index in [2.05, 4.69) is 5.32 Å². The molecule has 0 aliphatic carbocycles. The molecule has 1 aliphatic heterocycles. The number of nitrogens with zero attached hydrogens (tertiary/aromatic N) is 1. The second kappa shape index (κ2) is 5.63. The van der Waals surface area contributed by atoms with Crippen LogP contribution in [0.2, 0.25) is 0 Å². The Kier molecular flexibility index (Phi) is 4.46. The monoisotopic (exact) mass is 226 g/mol. The predicted octanol–water partition coefficient (Wildman–Crippen LogP) is 0.298. The van der Waals surface area contributed by atoms with E-state index in [0.717, 1.165) is 0 Å². The summed E-state index contributed by atoms with van der Waals surface area (Å²) in [6, 6.07) is 0. The van der Waals surface area contributed by atoms with Crippen LogP contribution in [0, 0.1) is 5.92 Å². The predicted molar refractivity (Wildman–Crippen MR) is 58.4 cm³/mol. The molecule has 1 saturated heterocycles. The molecule has 5 nitrogen and oxygen atoms in total. The van der Waals surface area contributed by atoms with Crippen molar-refractivity contribution < 1.29 is 14.4 Å². The Hall–Kier alpha value is -1.39. The van der Waals surface area contributed by atoms with E-state index in [1.54, 1.807) is 0 Å². The first kappa shape index (κ1) is 12.7. The molecule has 1 aliphatic rings. The molecule has 0 aromatic rings. The smallest absolute Gasteiger partial charge is 0.232 e. The number of carbonyl (C=O) groups excluding carboxylic acids is 3. The molecule has 0 spiro atoms. The van der Waals surface area contributed by atoms with Crippen molar-refractivity contribution in [3.05, 3.63) is 0 Å². The summed E-state index contributed by atoms with van der Waals surface area (Å²) in [6.45, 7) is 4.50. The van der Waals surface area contributed by atoms with E-state index < -0.39 is 0 Å². The number of hydrogen-bond acceptors (Lipinski definition) is 3. The van der Waals surface area contributed by atoms with Gasteiger partial charge in [-0.3, -0.25) is 19.3 Å². The largest absolute Gasteiger partial charge is 0.356 e. The van der Waals surface area contributed by atoms with Crippen LogP contribution < -0.4 is 5.32 Å². The van der Waals surface area contributed by atoms with E-state index in [0.29, 0.717) is 19.4 Å². The summed E-state index contributed by atoms with van der Waals surface area (Å²) in [5.74, 6) is -0.581. The molecule has 1 rings (SSSR count). The van der Waals surface area contributed by atoms with Crippen molar-refractivity contribution in [2.24, 2.45) is 5.92 Å². The lowest BCUT2D eigenvalue weighted by Crippen LogP contribution is -2.35. The van der Waals surface area contributed by atoms with Gasteiger partial charge in [0.2, 0.25) is 17.7 Å². The Morgan fingerprint density at radius 2 is 2.12 bits per heavy atom. The molecule has 0 radical (unpaired) electrons. The fourth-order valence-corrected chi connectivity index (χ4v) is 1.80. The molecule has 5 heteroatoms. The molecule has 3 amide bonds. The Balaban J connectivity index is 2.45. The highest BCUT2D eigenvalue weighted by Crippen LogP contribution is 2.22. The molecule has 0 saturated carbocycles. The van der Waals surface area contributed by atoms with Crippen molar-refractivity contribution in [2.45, 2.75) is 33.1 Å². The van der Waals surface area contributed by atoms with Crippen LogP contribution in [0.3, 0.4) is 0 Å². The van der Waals surface area contributed by atoms with Crippen LogP contribution in [0.25, 0.3) is 0 Å². The lowest BCUT2D eigenvalue weighted by molar-refractivity contribution is -0.139. The van der Waals surface area contributed by atoms with Crippen LogP contribution in [0.1, 0.15) is 33.1 Å². The van der Waals surface area contributed by atoms with Gasteiger partial charge in [-0.25, -0.2) is 0 Å². The summed E-state index contributed by atoms with van der Waals surface area (Å²) in [5.41, 5.74) is 0. The molecule has 1 fully saturated rings. The Morgan fingerprint density at radius 3 is 2.62 bits per heavy atom. The lowest BCUT2D eigenvalue weighted by atomic mass is 10.1. The first-order chi connectivity index (χ1) is 7.60. The first-order valence-electron chi connectivity index (χ1n) is 5.71. The third-order valence-corrected chi connectivity index (χ3v) is 2.77. The molecule has 16 heavy (non-hydrogen) atoms. The quantitative estimate of drug-likeness (QED) is 0.685. The van der Waals surface area contributed by atoms with Gasteiger partial charge in [0.05, 0.1) is 0 Å². The standard InChI is InChI=1S/C11H18N2O3/c1-3-8-7-10(15)13(11(8)16)6-5-9(14)12-4-2/h8H,3-7H2,1-2H3,(H,12,14). The van der Waals surface area contributed by atoms with Crippen LogP contribution in [0.4, 0.5) is 0 Å². The molecule has 90 valence electrons. The minimum Gasteiger partial charge on any atom is -0.356 e. The average Bonchev–Trinajstić information content (AvgIpc) is 2.52. The van der Waals surface area contributed by atoms with Gasteiger partial charge in [0, 0.05) is 31.8 Å². The number of hydrogen-bond donors (Lipinski definition) is 1. The summed E-state index contributed by atoms with van der Waals surface area (Å²) in [7, 11) is 0. The fraction of sp³-hybridized carbons (Fsp3) is 0.727. The van der Waals surface area contributed by atoms with Gasteiger partial charge in [-0.05, 0) is 13.3 Å². The number of imide groups is 1. The van der Waals surface area contributed by atoms with Crippen molar-refractivity contribution in [1.82, 2.24) is 10.2 Å². The third-order valence-electron chi connectivity index (χ3n) is 2.77.